The van der Waals surface area contributed by atoms with Crippen LogP contribution in [0, 0.1) is 34.1 Å². The van der Waals surface area contributed by atoms with Gasteiger partial charge in [-0.05, 0) is 54.7 Å². The van der Waals surface area contributed by atoms with Crippen molar-refractivity contribution in [2.45, 2.75) is 78.1 Å². The van der Waals surface area contributed by atoms with E-state index < -0.39 is 8.07 Å². The Labute approximate surface area is 205 Å². The summed E-state index contributed by atoms with van der Waals surface area (Å²) >= 11 is 0. The van der Waals surface area contributed by atoms with Crippen LogP contribution in [0.4, 0.5) is 0 Å². The summed E-state index contributed by atoms with van der Waals surface area (Å²) < 4.78 is 2.13. The van der Waals surface area contributed by atoms with Gasteiger partial charge in [-0.15, -0.1) is 5.54 Å². The lowest BCUT2D eigenvalue weighted by atomic mass is 10.1. The van der Waals surface area contributed by atoms with Gasteiger partial charge < -0.3 is 4.57 Å². The minimum absolute atomic E-state index is 0.147. The van der Waals surface area contributed by atoms with Crippen molar-refractivity contribution in [1.29, 1.82) is 10.5 Å². The number of aromatic nitrogens is 2. The topological polar surface area (TPSA) is 65.4 Å². The van der Waals surface area contributed by atoms with Crippen molar-refractivity contribution in [2.24, 2.45) is 0 Å². The molecule has 5 heteroatoms. The molecule has 174 valence electrons. The predicted octanol–water partition coefficient (Wildman–Crippen LogP) is 7.60. The molecule has 0 fully saturated rings. The first kappa shape index (κ1) is 25.3. The molecule has 0 N–H and O–H groups in total. The van der Waals surface area contributed by atoms with Crippen LogP contribution >= 0.6 is 0 Å². The molecule has 0 radical (unpaired) electrons. The lowest BCUT2D eigenvalue weighted by Gasteiger charge is -2.38. The number of hydrogen-bond donors (Lipinski definition) is 0. The van der Waals surface area contributed by atoms with Crippen molar-refractivity contribution in [3.05, 3.63) is 53.1 Å². The first-order chi connectivity index (χ1) is 16.1. The van der Waals surface area contributed by atoms with Crippen LogP contribution in [0.15, 0.2) is 36.4 Å². The zero-order chi connectivity index (χ0) is 25.2. The molecule has 0 aliphatic heterocycles. The van der Waals surface area contributed by atoms with E-state index in [1.165, 1.54) is 0 Å². The van der Waals surface area contributed by atoms with Gasteiger partial charge in [0, 0.05) is 17.2 Å². The van der Waals surface area contributed by atoms with Crippen molar-refractivity contribution in [3.63, 3.8) is 0 Å². The number of rotatable bonds is 5. The molecule has 1 aromatic heterocycles. The highest BCUT2D eigenvalue weighted by Crippen LogP contribution is 2.40. The van der Waals surface area contributed by atoms with Crippen molar-refractivity contribution >= 4 is 19.1 Å². The van der Waals surface area contributed by atoms with E-state index in [2.05, 4.69) is 108 Å². The van der Waals surface area contributed by atoms with Gasteiger partial charge in [0.25, 0.3) is 0 Å². The molecule has 0 aliphatic rings. The summed E-state index contributed by atoms with van der Waals surface area (Å²) in [7, 11) is -1.78. The minimum Gasteiger partial charge on any atom is -0.321 e. The molecule has 0 atom stereocenters. The molecule has 0 saturated carbocycles. The van der Waals surface area contributed by atoms with Gasteiger partial charge in [0.2, 0.25) is 0 Å². The third-order valence-corrected chi connectivity index (χ3v) is 13.3. The summed E-state index contributed by atoms with van der Waals surface area (Å²) in [5, 5.41) is 18.9. The van der Waals surface area contributed by atoms with Crippen molar-refractivity contribution < 1.29 is 0 Å². The van der Waals surface area contributed by atoms with Crippen molar-refractivity contribution in [1.82, 2.24) is 9.55 Å². The van der Waals surface area contributed by atoms with Crippen LogP contribution in [-0.2, 0) is 0 Å². The lowest BCUT2D eigenvalue weighted by molar-refractivity contribution is 0.624. The number of benzene rings is 2. The molecule has 0 unspecified atom stereocenters. The average molecular weight is 467 g/mol. The molecule has 34 heavy (non-hydrogen) atoms. The summed E-state index contributed by atoms with van der Waals surface area (Å²) in [4.78, 5) is 4.85. The van der Waals surface area contributed by atoms with Crippen molar-refractivity contribution in [3.8, 4) is 35.0 Å². The molecule has 0 amide bonds. The maximum atomic E-state index is 9.46. The quantitative estimate of drug-likeness (QED) is 0.287. The van der Waals surface area contributed by atoms with Crippen LogP contribution in [-0.4, -0.2) is 17.6 Å². The van der Waals surface area contributed by atoms with Gasteiger partial charge in [0.05, 0.1) is 22.2 Å². The molecular weight excluding hydrogens is 432 g/mol. The van der Waals surface area contributed by atoms with Gasteiger partial charge in [-0.1, -0.05) is 59.6 Å². The SMILES string of the molecule is CC(C)n1c(-c2ccc(C#C[Si](C(C)C)(C(C)C)C(C)C)cc2)nc2cc(C#N)c(C#N)cc21. The first-order valence-corrected chi connectivity index (χ1v) is 14.3. The third kappa shape index (κ3) is 4.39. The van der Waals surface area contributed by atoms with Crippen LogP contribution in [0.5, 0.6) is 0 Å². The molecule has 1 heterocycles. The highest BCUT2D eigenvalue weighted by molar-refractivity contribution is 6.90. The van der Waals surface area contributed by atoms with E-state index >= 15 is 0 Å². The van der Waals surface area contributed by atoms with Crippen molar-refractivity contribution in [2.75, 3.05) is 0 Å². The number of nitrogens with zero attached hydrogens (tertiary/aromatic N) is 4. The van der Waals surface area contributed by atoms with E-state index in [-0.39, 0.29) is 6.04 Å². The standard InChI is InChI=1S/C29H34N4Si/c1-19(2)33-28-16-26(18-31)25(17-30)15-27(28)32-29(33)24-11-9-23(10-12-24)13-14-34(20(3)4,21(5)6)22(7)8/h9-12,15-16,19-22H,1-8H3. The number of nitriles is 2. The maximum Gasteiger partial charge on any atom is 0.146 e. The van der Waals surface area contributed by atoms with Gasteiger partial charge >= 0.3 is 0 Å². The Morgan fingerprint density at radius 2 is 1.32 bits per heavy atom. The van der Waals surface area contributed by atoms with E-state index in [0.717, 1.165) is 28.0 Å². The molecule has 0 saturated heterocycles. The summed E-state index contributed by atoms with van der Waals surface area (Å²) in [6.07, 6.45) is 0. The Hall–Kier alpha value is -3.33. The molecule has 3 rings (SSSR count). The zero-order valence-corrected chi connectivity index (χ0v) is 22.6. The van der Waals surface area contributed by atoms with E-state index in [0.29, 0.717) is 27.8 Å². The predicted molar refractivity (Wildman–Crippen MR) is 143 cm³/mol. The maximum absolute atomic E-state index is 9.46. The normalized spacial score (nSPS) is 11.7. The Kier molecular flexibility index (Phi) is 7.35. The van der Waals surface area contributed by atoms with Gasteiger partial charge in [0.15, 0.2) is 0 Å². The van der Waals surface area contributed by atoms with E-state index in [9.17, 15) is 10.5 Å². The second-order valence-corrected chi connectivity index (χ2v) is 15.8. The van der Waals surface area contributed by atoms with Gasteiger partial charge in [0.1, 0.15) is 26.0 Å². The Bertz CT molecular complexity index is 1310. The van der Waals surface area contributed by atoms with Crippen LogP contribution in [0.2, 0.25) is 16.6 Å². The largest absolute Gasteiger partial charge is 0.321 e. The van der Waals surface area contributed by atoms with Gasteiger partial charge in [-0.3, -0.25) is 0 Å². The fourth-order valence-electron chi connectivity index (χ4n) is 5.37. The summed E-state index contributed by atoms with van der Waals surface area (Å²) in [5.74, 6) is 4.35. The van der Waals surface area contributed by atoms with Crippen LogP contribution in [0.1, 0.15) is 78.1 Å². The molecule has 4 nitrogen and oxygen atoms in total. The van der Waals surface area contributed by atoms with Crippen LogP contribution < -0.4 is 0 Å². The molecule has 0 spiro atoms. The van der Waals surface area contributed by atoms with E-state index in [1.54, 1.807) is 12.1 Å². The Morgan fingerprint density at radius 3 is 1.79 bits per heavy atom. The smallest absolute Gasteiger partial charge is 0.146 e. The molecule has 3 aromatic rings. The van der Waals surface area contributed by atoms with E-state index in [4.69, 9.17) is 4.98 Å². The number of fused-ring (bicyclic) bond motifs is 1. The molecule has 0 bridgehead atoms. The van der Waals surface area contributed by atoms with Crippen LogP contribution in [0.3, 0.4) is 0 Å². The monoisotopic (exact) mass is 466 g/mol. The number of imidazole rings is 1. The van der Waals surface area contributed by atoms with E-state index in [1.807, 2.05) is 0 Å². The molecule has 2 aromatic carbocycles. The van der Waals surface area contributed by atoms with Gasteiger partial charge in [-0.25, -0.2) is 4.98 Å². The highest BCUT2D eigenvalue weighted by atomic mass is 28.3. The minimum atomic E-state index is -1.78. The lowest BCUT2D eigenvalue weighted by Crippen LogP contribution is -2.43. The zero-order valence-electron chi connectivity index (χ0n) is 21.6. The average Bonchev–Trinajstić information content (AvgIpc) is 3.16. The third-order valence-electron chi connectivity index (χ3n) is 7.02. The second-order valence-electron chi connectivity index (χ2n) is 10.2. The Balaban J connectivity index is 2.09. The fraction of sp³-hybridized carbons (Fsp3) is 0.414. The number of hydrogen-bond acceptors (Lipinski definition) is 3. The highest BCUT2D eigenvalue weighted by Gasteiger charge is 2.41. The second kappa shape index (κ2) is 9.88. The first-order valence-electron chi connectivity index (χ1n) is 12.1. The Morgan fingerprint density at radius 1 is 0.794 bits per heavy atom. The summed E-state index contributed by atoms with van der Waals surface area (Å²) in [5.41, 5.74) is 9.93. The van der Waals surface area contributed by atoms with Crippen LogP contribution in [0.25, 0.3) is 22.4 Å². The molecule has 0 aliphatic carbocycles. The molecular formula is C29H34N4Si. The van der Waals surface area contributed by atoms with Gasteiger partial charge in [-0.2, -0.15) is 10.5 Å². The summed E-state index contributed by atoms with van der Waals surface area (Å²) in [6.45, 7) is 18.2. The fourth-order valence-corrected chi connectivity index (χ4v) is 10.6. The summed E-state index contributed by atoms with van der Waals surface area (Å²) in [6, 6.07) is 16.2.